The molecule has 4 nitrogen and oxygen atoms in total. The molecule has 0 aromatic carbocycles. The maximum atomic E-state index is 11.6. The average Bonchev–Trinajstić information content (AvgIpc) is 2.29. The van der Waals surface area contributed by atoms with Crippen molar-refractivity contribution in [2.24, 2.45) is 0 Å². The molecule has 1 N–H and O–H groups in total. The molecule has 0 aliphatic rings. The van der Waals surface area contributed by atoms with Crippen molar-refractivity contribution in [3.05, 3.63) is 0 Å². The number of nitrogens with one attached hydrogen (secondary N) is 1. The second-order valence-corrected chi connectivity index (χ2v) is 3.68. The van der Waals surface area contributed by atoms with Crippen LogP contribution in [0.25, 0.3) is 0 Å². The molecular weight excluding hydrogens is 204 g/mol. The van der Waals surface area contributed by atoms with Crippen LogP contribution in [0.4, 0.5) is 0 Å². The standard InChI is InChI=1S/C12H26N2O2/c1-4-10-16-11-9-13-8-7-12(15)14(5-2)6-3/h13H,4-11H2,1-3H3. The fourth-order valence-electron chi connectivity index (χ4n) is 1.45. The van der Waals surface area contributed by atoms with Gasteiger partial charge in [-0.2, -0.15) is 0 Å². The molecule has 0 aliphatic heterocycles. The van der Waals surface area contributed by atoms with E-state index in [1.807, 2.05) is 18.7 Å². The van der Waals surface area contributed by atoms with Gasteiger partial charge in [-0.3, -0.25) is 4.79 Å². The number of carbonyl (C=O) groups excluding carboxylic acids is 1. The van der Waals surface area contributed by atoms with Crippen molar-refractivity contribution in [3.63, 3.8) is 0 Å². The number of rotatable bonds is 10. The lowest BCUT2D eigenvalue weighted by Gasteiger charge is -2.18. The summed E-state index contributed by atoms with van der Waals surface area (Å²) in [6.07, 6.45) is 1.63. The predicted molar refractivity (Wildman–Crippen MR) is 66.5 cm³/mol. The third-order valence-electron chi connectivity index (χ3n) is 2.40. The molecule has 96 valence electrons. The Morgan fingerprint density at radius 3 is 2.38 bits per heavy atom. The average molecular weight is 230 g/mol. The van der Waals surface area contributed by atoms with Crippen molar-refractivity contribution in [2.45, 2.75) is 33.6 Å². The molecule has 0 radical (unpaired) electrons. The highest BCUT2D eigenvalue weighted by Crippen LogP contribution is 1.92. The van der Waals surface area contributed by atoms with Gasteiger partial charge in [-0.25, -0.2) is 0 Å². The first-order valence-electron chi connectivity index (χ1n) is 6.32. The molecule has 4 heteroatoms. The van der Waals surface area contributed by atoms with Crippen molar-refractivity contribution >= 4 is 5.91 Å². The highest BCUT2D eigenvalue weighted by atomic mass is 16.5. The molecule has 0 aromatic rings. The molecule has 0 saturated carbocycles. The Bertz CT molecular complexity index is 170. The van der Waals surface area contributed by atoms with Gasteiger partial charge < -0.3 is 15.0 Å². The van der Waals surface area contributed by atoms with E-state index in [1.165, 1.54) is 0 Å². The lowest BCUT2D eigenvalue weighted by Crippen LogP contribution is -2.33. The highest BCUT2D eigenvalue weighted by molar-refractivity contribution is 5.76. The van der Waals surface area contributed by atoms with Crippen LogP contribution in [0.1, 0.15) is 33.6 Å². The quantitative estimate of drug-likeness (QED) is 0.575. The summed E-state index contributed by atoms with van der Waals surface area (Å²) in [5.41, 5.74) is 0. The Kier molecular flexibility index (Phi) is 10.5. The number of nitrogens with zero attached hydrogens (tertiary/aromatic N) is 1. The summed E-state index contributed by atoms with van der Waals surface area (Å²) in [4.78, 5) is 13.5. The Balaban J connectivity index is 3.33. The predicted octanol–water partition coefficient (Wildman–Crippen LogP) is 1.26. The van der Waals surface area contributed by atoms with E-state index in [-0.39, 0.29) is 5.91 Å². The number of hydrogen-bond donors (Lipinski definition) is 1. The van der Waals surface area contributed by atoms with Gasteiger partial charge in [-0.1, -0.05) is 6.92 Å². The minimum Gasteiger partial charge on any atom is -0.380 e. The van der Waals surface area contributed by atoms with Gasteiger partial charge >= 0.3 is 0 Å². The number of carbonyl (C=O) groups is 1. The fraction of sp³-hybridized carbons (Fsp3) is 0.917. The van der Waals surface area contributed by atoms with E-state index in [0.29, 0.717) is 6.42 Å². The third kappa shape index (κ3) is 7.65. The smallest absolute Gasteiger partial charge is 0.223 e. The molecule has 16 heavy (non-hydrogen) atoms. The number of amides is 1. The zero-order valence-electron chi connectivity index (χ0n) is 10.9. The SMILES string of the molecule is CCCOCCNCCC(=O)N(CC)CC. The van der Waals surface area contributed by atoms with Crippen LogP contribution >= 0.6 is 0 Å². The van der Waals surface area contributed by atoms with E-state index in [4.69, 9.17) is 4.74 Å². The van der Waals surface area contributed by atoms with Crippen molar-refractivity contribution < 1.29 is 9.53 Å². The van der Waals surface area contributed by atoms with Gasteiger partial charge in [-0.05, 0) is 20.3 Å². The highest BCUT2D eigenvalue weighted by Gasteiger charge is 2.07. The van der Waals surface area contributed by atoms with E-state index in [0.717, 1.165) is 45.8 Å². The summed E-state index contributed by atoms with van der Waals surface area (Å²) in [5.74, 6) is 0.229. The van der Waals surface area contributed by atoms with Gasteiger partial charge in [0.2, 0.25) is 5.91 Å². The number of ether oxygens (including phenoxy) is 1. The summed E-state index contributed by atoms with van der Waals surface area (Å²) in [5, 5.41) is 3.21. The monoisotopic (exact) mass is 230 g/mol. The van der Waals surface area contributed by atoms with Crippen LogP contribution < -0.4 is 5.32 Å². The molecule has 0 aromatic heterocycles. The van der Waals surface area contributed by atoms with Gasteiger partial charge in [0.15, 0.2) is 0 Å². The molecule has 0 aliphatic carbocycles. The van der Waals surface area contributed by atoms with Crippen LogP contribution in [-0.2, 0) is 9.53 Å². The van der Waals surface area contributed by atoms with E-state index in [1.54, 1.807) is 0 Å². The van der Waals surface area contributed by atoms with Crippen molar-refractivity contribution in [1.29, 1.82) is 0 Å². The largest absolute Gasteiger partial charge is 0.380 e. The summed E-state index contributed by atoms with van der Waals surface area (Å²) in [6.45, 7) is 10.8. The molecule has 0 unspecified atom stereocenters. The maximum Gasteiger partial charge on any atom is 0.223 e. The first kappa shape index (κ1) is 15.4. The Morgan fingerprint density at radius 2 is 1.81 bits per heavy atom. The van der Waals surface area contributed by atoms with Gasteiger partial charge in [0.25, 0.3) is 0 Å². The minimum atomic E-state index is 0.229. The second-order valence-electron chi connectivity index (χ2n) is 3.68. The fourth-order valence-corrected chi connectivity index (χ4v) is 1.45. The van der Waals surface area contributed by atoms with Crippen LogP contribution in [0.5, 0.6) is 0 Å². The van der Waals surface area contributed by atoms with Crippen LogP contribution in [0.2, 0.25) is 0 Å². The van der Waals surface area contributed by atoms with Crippen LogP contribution in [-0.4, -0.2) is 50.2 Å². The lowest BCUT2D eigenvalue weighted by molar-refractivity contribution is -0.130. The topological polar surface area (TPSA) is 41.6 Å². The van der Waals surface area contributed by atoms with Gasteiger partial charge in [0.05, 0.1) is 6.61 Å². The summed E-state index contributed by atoms with van der Waals surface area (Å²) in [7, 11) is 0. The molecule has 0 heterocycles. The molecule has 0 rings (SSSR count). The summed E-state index contributed by atoms with van der Waals surface area (Å²) < 4.78 is 5.32. The number of hydrogen-bond acceptors (Lipinski definition) is 3. The first-order valence-corrected chi connectivity index (χ1v) is 6.32. The van der Waals surface area contributed by atoms with Crippen LogP contribution in [0, 0.1) is 0 Å². The van der Waals surface area contributed by atoms with E-state index in [2.05, 4.69) is 12.2 Å². The van der Waals surface area contributed by atoms with Crippen LogP contribution in [0.15, 0.2) is 0 Å². The lowest BCUT2D eigenvalue weighted by atomic mass is 10.3. The molecule has 0 saturated heterocycles. The third-order valence-corrected chi connectivity index (χ3v) is 2.40. The normalized spacial score (nSPS) is 10.4. The van der Waals surface area contributed by atoms with Gasteiger partial charge in [-0.15, -0.1) is 0 Å². The van der Waals surface area contributed by atoms with E-state index < -0.39 is 0 Å². The molecular formula is C12H26N2O2. The Hall–Kier alpha value is -0.610. The first-order chi connectivity index (χ1) is 7.76. The zero-order valence-corrected chi connectivity index (χ0v) is 10.9. The van der Waals surface area contributed by atoms with E-state index in [9.17, 15) is 4.79 Å². The van der Waals surface area contributed by atoms with Gasteiger partial charge in [0, 0.05) is 39.2 Å². The summed E-state index contributed by atoms with van der Waals surface area (Å²) in [6, 6.07) is 0. The van der Waals surface area contributed by atoms with Crippen molar-refractivity contribution in [1.82, 2.24) is 10.2 Å². The van der Waals surface area contributed by atoms with Crippen LogP contribution in [0.3, 0.4) is 0 Å². The molecule has 1 amide bonds. The second kappa shape index (κ2) is 10.9. The van der Waals surface area contributed by atoms with E-state index >= 15 is 0 Å². The minimum absolute atomic E-state index is 0.229. The molecule has 0 fully saturated rings. The molecule has 0 spiro atoms. The maximum absolute atomic E-state index is 11.6. The molecule has 0 bridgehead atoms. The molecule has 0 atom stereocenters. The van der Waals surface area contributed by atoms with Crippen molar-refractivity contribution in [2.75, 3.05) is 39.4 Å². The zero-order chi connectivity index (χ0) is 12.2. The summed E-state index contributed by atoms with van der Waals surface area (Å²) >= 11 is 0. The van der Waals surface area contributed by atoms with Crippen molar-refractivity contribution in [3.8, 4) is 0 Å². The Labute approximate surface area is 99.3 Å². The Morgan fingerprint density at radius 1 is 1.12 bits per heavy atom. The van der Waals surface area contributed by atoms with Gasteiger partial charge in [0.1, 0.15) is 0 Å².